The molecule has 2 aromatic heterocycles. The maximum absolute atomic E-state index is 12.9. The van der Waals surface area contributed by atoms with E-state index in [2.05, 4.69) is 20.8 Å². The van der Waals surface area contributed by atoms with Crippen LogP contribution >= 0.6 is 0 Å². The van der Waals surface area contributed by atoms with Gasteiger partial charge >= 0.3 is 0 Å². The lowest BCUT2D eigenvalue weighted by Crippen LogP contribution is -2.53. The summed E-state index contributed by atoms with van der Waals surface area (Å²) in [6.07, 6.45) is 3.36. The Labute approximate surface area is 196 Å². The zero-order chi connectivity index (χ0) is 23.9. The number of hydrogen-bond acceptors (Lipinski definition) is 8. The number of oxime groups is 1. The monoisotopic (exact) mass is 484 g/mol. The van der Waals surface area contributed by atoms with Crippen LogP contribution in [0.3, 0.4) is 0 Å². The lowest BCUT2D eigenvalue weighted by Gasteiger charge is -2.33. The minimum absolute atomic E-state index is 0.174. The van der Waals surface area contributed by atoms with E-state index in [9.17, 15) is 13.2 Å². The number of hydrogen-bond donors (Lipinski definition) is 2. The molecular weight excluding hydrogens is 460 g/mol. The average Bonchev–Trinajstić information content (AvgIpc) is 3.48. The minimum atomic E-state index is -3.32. The Kier molecular flexibility index (Phi) is 5.71. The number of fused-ring (bicyclic) bond motifs is 1. The average molecular weight is 485 g/mol. The zero-order valence-electron chi connectivity index (χ0n) is 18.6. The van der Waals surface area contributed by atoms with Crippen molar-refractivity contribution in [2.75, 3.05) is 31.3 Å². The summed E-state index contributed by atoms with van der Waals surface area (Å²) in [5, 5.41) is 10.2. The van der Waals surface area contributed by atoms with Crippen LogP contribution in [0.4, 0.5) is 5.69 Å². The van der Waals surface area contributed by atoms with E-state index in [4.69, 9.17) is 9.57 Å². The van der Waals surface area contributed by atoms with Gasteiger partial charge in [0.25, 0.3) is 5.91 Å². The molecule has 0 spiro atoms. The first-order valence-electron chi connectivity index (χ1n) is 10.7. The van der Waals surface area contributed by atoms with Gasteiger partial charge < -0.3 is 20.2 Å². The van der Waals surface area contributed by atoms with E-state index in [1.807, 2.05) is 37.3 Å². The molecule has 0 radical (unpaired) electrons. The van der Waals surface area contributed by atoms with Crippen LogP contribution in [0.1, 0.15) is 21.6 Å². The summed E-state index contributed by atoms with van der Waals surface area (Å²) in [6, 6.07) is 11.1. The quantitative estimate of drug-likeness (QED) is 0.557. The molecule has 34 heavy (non-hydrogen) atoms. The van der Waals surface area contributed by atoms with Gasteiger partial charge in [0.15, 0.2) is 5.84 Å². The normalized spacial score (nSPS) is 21.1. The predicted octanol–water partition coefficient (Wildman–Crippen LogP) is 1.16. The second-order valence-electron chi connectivity index (χ2n) is 8.20. The number of benzene rings is 1. The number of carbonyl (C=O) groups excluding carboxylic acids is 1. The third kappa shape index (κ3) is 4.34. The maximum Gasteiger partial charge on any atom is 0.274 e. The number of carbonyl (C=O) groups is 1. The predicted molar refractivity (Wildman–Crippen MR) is 125 cm³/mol. The van der Waals surface area contributed by atoms with Gasteiger partial charge in [0.1, 0.15) is 17.4 Å². The fraction of sp³-hybridized carbons (Fsp3) is 0.318. The second kappa shape index (κ2) is 8.70. The lowest BCUT2D eigenvalue weighted by atomic mass is 10.1. The number of aryl methyl sites for hydroxylation is 1. The number of morpholine rings is 1. The fourth-order valence-electron chi connectivity index (χ4n) is 3.92. The highest BCUT2D eigenvalue weighted by Crippen LogP contribution is 2.22. The topological polar surface area (TPSA) is 127 Å². The first-order chi connectivity index (χ1) is 16.3. The van der Waals surface area contributed by atoms with Gasteiger partial charge in [-0.25, -0.2) is 13.4 Å². The Hall–Kier alpha value is -3.48. The molecule has 178 valence electrons. The number of aromatic nitrogens is 2. The molecule has 5 rings (SSSR count). The van der Waals surface area contributed by atoms with Gasteiger partial charge in [-0.05, 0) is 30.7 Å². The van der Waals surface area contributed by atoms with Gasteiger partial charge in [-0.1, -0.05) is 23.4 Å². The zero-order valence-corrected chi connectivity index (χ0v) is 19.4. The van der Waals surface area contributed by atoms with E-state index >= 15 is 0 Å². The van der Waals surface area contributed by atoms with E-state index < -0.39 is 22.4 Å². The van der Waals surface area contributed by atoms with E-state index in [0.717, 1.165) is 5.56 Å². The largest absolute Gasteiger partial charge is 0.369 e. The number of amides is 1. The first kappa shape index (κ1) is 22.3. The van der Waals surface area contributed by atoms with Gasteiger partial charge in [0.2, 0.25) is 16.3 Å². The Morgan fingerprint density at radius 3 is 2.94 bits per heavy atom. The second-order valence-corrected chi connectivity index (χ2v) is 10.2. The Balaban J connectivity index is 1.30. The van der Waals surface area contributed by atoms with Crippen molar-refractivity contribution in [1.29, 1.82) is 0 Å². The van der Waals surface area contributed by atoms with Crippen LogP contribution in [0.2, 0.25) is 0 Å². The molecule has 12 heteroatoms. The van der Waals surface area contributed by atoms with E-state index in [-0.39, 0.29) is 19.1 Å². The van der Waals surface area contributed by atoms with Crippen LogP contribution in [-0.2, 0) is 19.6 Å². The maximum atomic E-state index is 12.9. The summed E-state index contributed by atoms with van der Waals surface area (Å²) in [4.78, 5) is 22.7. The standard InChI is InChI=1S/C22H24N6O5S/c1-14-6-7-15(11-16(14)24-21(29)17-12-23-19-5-3-4-8-28(17)19)20-25-22(33-26-20)18-13-27(9-10-32-18)34(2,30)31/h3-8,11-12,18,22H,9-10,13H2,1-2H3,(H,24,29)(H,25,26)/t18-,22?/m1/s1. The van der Waals surface area contributed by atoms with Crippen molar-refractivity contribution in [3.05, 3.63) is 65.6 Å². The molecule has 1 amide bonds. The Morgan fingerprint density at radius 1 is 1.26 bits per heavy atom. The summed E-state index contributed by atoms with van der Waals surface area (Å²) >= 11 is 0. The summed E-state index contributed by atoms with van der Waals surface area (Å²) in [7, 11) is -3.32. The van der Waals surface area contributed by atoms with Gasteiger partial charge in [0.05, 0.1) is 19.1 Å². The Morgan fingerprint density at radius 2 is 2.12 bits per heavy atom. The van der Waals surface area contributed by atoms with Gasteiger partial charge in [0, 0.05) is 30.5 Å². The SMILES string of the molecule is Cc1ccc(C2=NOC([C@H]3CN(S(C)(=O)=O)CCO3)N2)cc1NC(=O)c1cnc2ccccn12. The van der Waals surface area contributed by atoms with Crippen LogP contribution < -0.4 is 10.6 Å². The molecule has 1 fully saturated rings. The van der Waals surface area contributed by atoms with Crippen molar-refractivity contribution in [1.82, 2.24) is 19.0 Å². The van der Waals surface area contributed by atoms with Crippen LogP contribution in [0.15, 0.2) is 53.9 Å². The summed E-state index contributed by atoms with van der Waals surface area (Å²) in [5.74, 6) is 0.182. The summed E-state index contributed by atoms with van der Waals surface area (Å²) in [6.45, 7) is 2.66. The number of pyridine rings is 1. The molecule has 0 saturated carbocycles. The van der Waals surface area contributed by atoms with Crippen molar-refractivity contribution in [2.45, 2.75) is 19.3 Å². The first-order valence-corrected chi connectivity index (χ1v) is 12.6. The third-order valence-electron chi connectivity index (χ3n) is 5.81. The van der Waals surface area contributed by atoms with E-state index in [0.29, 0.717) is 35.0 Å². The fourth-order valence-corrected chi connectivity index (χ4v) is 4.74. The third-order valence-corrected chi connectivity index (χ3v) is 7.08. The molecule has 1 saturated heterocycles. The molecule has 2 aliphatic heterocycles. The van der Waals surface area contributed by atoms with E-state index in [1.54, 1.807) is 16.7 Å². The molecule has 0 bridgehead atoms. The van der Waals surface area contributed by atoms with Crippen LogP contribution in [0.5, 0.6) is 0 Å². The molecule has 4 heterocycles. The van der Waals surface area contributed by atoms with Crippen molar-refractivity contribution >= 4 is 33.1 Å². The number of anilines is 1. The van der Waals surface area contributed by atoms with Crippen LogP contribution in [0, 0.1) is 6.92 Å². The minimum Gasteiger partial charge on any atom is -0.369 e. The van der Waals surface area contributed by atoms with Crippen molar-refractivity contribution in [3.8, 4) is 0 Å². The molecule has 2 atom stereocenters. The summed E-state index contributed by atoms with van der Waals surface area (Å²) in [5.41, 5.74) is 3.31. The molecule has 2 aliphatic rings. The van der Waals surface area contributed by atoms with Gasteiger partial charge in [-0.3, -0.25) is 9.20 Å². The number of imidazole rings is 1. The molecule has 3 aromatic rings. The highest BCUT2D eigenvalue weighted by Gasteiger charge is 2.36. The van der Waals surface area contributed by atoms with Crippen molar-refractivity contribution in [3.63, 3.8) is 0 Å². The molecular formula is C22H24N6O5S. The molecule has 11 nitrogen and oxygen atoms in total. The number of amidine groups is 1. The number of sulfonamides is 1. The van der Waals surface area contributed by atoms with Crippen LogP contribution in [0.25, 0.3) is 5.65 Å². The van der Waals surface area contributed by atoms with Gasteiger partial charge in [-0.2, -0.15) is 4.31 Å². The Bertz CT molecular complexity index is 1390. The molecule has 1 unspecified atom stereocenters. The van der Waals surface area contributed by atoms with Crippen LogP contribution in [-0.4, -0.2) is 72.1 Å². The van der Waals surface area contributed by atoms with E-state index in [1.165, 1.54) is 16.8 Å². The van der Waals surface area contributed by atoms with Crippen molar-refractivity contribution in [2.24, 2.45) is 5.16 Å². The number of nitrogens with zero attached hydrogens (tertiary/aromatic N) is 4. The smallest absolute Gasteiger partial charge is 0.274 e. The number of ether oxygens (including phenoxy) is 1. The molecule has 0 aliphatic carbocycles. The highest BCUT2D eigenvalue weighted by molar-refractivity contribution is 7.88. The number of nitrogens with one attached hydrogen (secondary N) is 2. The molecule has 1 aromatic carbocycles. The lowest BCUT2D eigenvalue weighted by molar-refractivity contribution is -0.0935. The molecule has 2 N–H and O–H groups in total. The van der Waals surface area contributed by atoms with Gasteiger partial charge in [-0.15, -0.1) is 0 Å². The summed E-state index contributed by atoms with van der Waals surface area (Å²) < 4.78 is 32.6. The van der Waals surface area contributed by atoms with Crippen molar-refractivity contribution < 1.29 is 22.8 Å². The highest BCUT2D eigenvalue weighted by atomic mass is 32.2. The number of rotatable bonds is 5.